The Labute approximate surface area is 125 Å². The van der Waals surface area contributed by atoms with Crippen LogP contribution < -0.4 is 5.32 Å². The molecule has 0 radical (unpaired) electrons. The highest BCUT2D eigenvalue weighted by Gasteiger charge is 2.25. The van der Waals surface area contributed by atoms with Crippen LogP contribution >= 0.6 is 0 Å². The van der Waals surface area contributed by atoms with Gasteiger partial charge < -0.3 is 5.32 Å². The summed E-state index contributed by atoms with van der Waals surface area (Å²) in [5.74, 6) is 0.620. The van der Waals surface area contributed by atoms with Crippen molar-refractivity contribution in [1.82, 2.24) is 15.1 Å². The SMILES string of the molecule is CCCNCC(Cc1ccn(C(C)CC)n1)C(C)(C)C. The van der Waals surface area contributed by atoms with Crippen LogP contribution in [0.3, 0.4) is 0 Å². The zero-order valence-corrected chi connectivity index (χ0v) is 14.2. The van der Waals surface area contributed by atoms with Crippen molar-refractivity contribution in [3.63, 3.8) is 0 Å². The average molecular weight is 279 g/mol. The first-order valence-corrected chi connectivity index (χ1v) is 8.13. The lowest BCUT2D eigenvalue weighted by molar-refractivity contribution is 0.229. The molecule has 0 aromatic carbocycles. The van der Waals surface area contributed by atoms with Gasteiger partial charge in [0.1, 0.15) is 0 Å². The molecule has 0 aliphatic rings. The Balaban J connectivity index is 2.67. The van der Waals surface area contributed by atoms with Gasteiger partial charge in [-0.2, -0.15) is 5.10 Å². The molecule has 1 rings (SSSR count). The maximum Gasteiger partial charge on any atom is 0.0628 e. The Kier molecular flexibility index (Phi) is 6.74. The highest BCUT2D eigenvalue weighted by Crippen LogP contribution is 2.28. The molecule has 0 spiro atoms. The quantitative estimate of drug-likeness (QED) is 0.727. The highest BCUT2D eigenvalue weighted by atomic mass is 15.3. The summed E-state index contributed by atoms with van der Waals surface area (Å²) in [6.45, 7) is 15.8. The Hall–Kier alpha value is -0.830. The summed E-state index contributed by atoms with van der Waals surface area (Å²) in [5.41, 5.74) is 1.53. The minimum Gasteiger partial charge on any atom is -0.316 e. The lowest BCUT2D eigenvalue weighted by Gasteiger charge is -2.30. The van der Waals surface area contributed by atoms with Gasteiger partial charge in [-0.1, -0.05) is 34.6 Å². The topological polar surface area (TPSA) is 29.9 Å². The van der Waals surface area contributed by atoms with Crippen molar-refractivity contribution in [2.45, 2.75) is 66.8 Å². The highest BCUT2D eigenvalue weighted by molar-refractivity contribution is 5.02. The molecular weight excluding hydrogens is 246 g/mol. The van der Waals surface area contributed by atoms with Crippen LogP contribution in [0.15, 0.2) is 12.3 Å². The van der Waals surface area contributed by atoms with Gasteiger partial charge in [-0.3, -0.25) is 4.68 Å². The van der Waals surface area contributed by atoms with E-state index >= 15 is 0 Å². The average Bonchev–Trinajstić information content (AvgIpc) is 2.84. The summed E-state index contributed by atoms with van der Waals surface area (Å²) in [4.78, 5) is 0. The van der Waals surface area contributed by atoms with E-state index in [1.54, 1.807) is 0 Å². The van der Waals surface area contributed by atoms with E-state index in [2.05, 4.69) is 63.8 Å². The van der Waals surface area contributed by atoms with Crippen molar-refractivity contribution in [3.8, 4) is 0 Å². The summed E-state index contributed by atoms with van der Waals surface area (Å²) < 4.78 is 2.11. The van der Waals surface area contributed by atoms with Gasteiger partial charge in [-0.05, 0) is 56.7 Å². The van der Waals surface area contributed by atoms with Crippen LogP contribution in [0.5, 0.6) is 0 Å². The molecule has 3 nitrogen and oxygen atoms in total. The smallest absolute Gasteiger partial charge is 0.0628 e. The zero-order chi connectivity index (χ0) is 15.2. The van der Waals surface area contributed by atoms with Gasteiger partial charge in [-0.25, -0.2) is 0 Å². The molecule has 0 fully saturated rings. The standard InChI is InChI=1S/C17H33N3/c1-7-10-18-13-15(17(4,5)6)12-16-9-11-20(19-16)14(3)8-2/h9,11,14-15,18H,7-8,10,12-13H2,1-6H3. The second-order valence-corrected chi connectivity index (χ2v) is 7.02. The van der Waals surface area contributed by atoms with Crippen molar-refractivity contribution in [2.75, 3.05) is 13.1 Å². The lowest BCUT2D eigenvalue weighted by atomic mass is 9.78. The number of hydrogen-bond acceptors (Lipinski definition) is 2. The van der Waals surface area contributed by atoms with Gasteiger partial charge in [-0.15, -0.1) is 0 Å². The fourth-order valence-electron chi connectivity index (χ4n) is 2.31. The van der Waals surface area contributed by atoms with E-state index in [1.165, 1.54) is 12.1 Å². The van der Waals surface area contributed by atoms with Crippen molar-refractivity contribution in [3.05, 3.63) is 18.0 Å². The van der Waals surface area contributed by atoms with Gasteiger partial charge in [0, 0.05) is 12.2 Å². The molecule has 0 saturated heterocycles. The van der Waals surface area contributed by atoms with Crippen LogP contribution in [0.1, 0.15) is 66.1 Å². The number of nitrogens with one attached hydrogen (secondary N) is 1. The first-order valence-electron chi connectivity index (χ1n) is 8.13. The maximum atomic E-state index is 4.75. The van der Waals surface area contributed by atoms with Crippen LogP contribution in [-0.2, 0) is 6.42 Å². The molecule has 0 saturated carbocycles. The molecule has 0 aliphatic heterocycles. The van der Waals surface area contributed by atoms with Crippen molar-refractivity contribution < 1.29 is 0 Å². The van der Waals surface area contributed by atoms with Gasteiger partial charge in [0.2, 0.25) is 0 Å². The van der Waals surface area contributed by atoms with Gasteiger partial charge >= 0.3 is 0 Å². The molecule has 0 bridgehead atoms. The zero-order valence-electron chi connectivity index (χ0n) is 14.2. The lowest BCUT2D eigenvalue weighted by Crippen LogP contribution is -2.34. The minimum atomic E-state index is 0.306. The third kappa shape index (κ3) is 5.28. The Morgan fingerprint density at radius 1 is 1.30 bits per heavy atom. The van der Waals surface area contributed by atoms with Crippen molar-refractivity contribution in [1.29, 1.82) is 0 Å². The van der Waals surface area contributed by atoms with Crippen LogP contribution in [0.4, 0.5) is 0 Å². The summed E-state index contributed by atoms with van der Waals surface area (Å²) in [5, 5.41) is 8.32. The molecule has 0 amide bonds. The van der Waals surface area contributed by atoms with Crippen LogP contribution in [0.25, 0.3) is 0 Å². The fraction of sp³-hybridized carbons (Fsp3) is 0.824. The first kappa shape index (κ1) is 17.2. The third-order valence-electron chi connectivity index (χ3n) is 4.20. The third-order valence-corrected chi connectivity index (χ3v) is 4.20. The molecule has 2 atom stereocenters. The fourth-order valence-corrected chi connectivity index (χ4v) is 2.31. The van der Waals surface area contributed by atoms with E-state index in [1.807, 2.05) is 0 Å². The summed E-state index contributed by atoms with van der Waals surface area (Å²) in [6.07, 6.45) is 5.51. The second-order valence-electron chi connectivity index (χ2n) is 7.02. The first-order chi connectivity index (χ1) is 9.38. The number of aromatic nitrogens is 2. The Morgan fingerprint density at radius 2 is 2.00 bits per heavy atom. The Morgan fingerprint density at radius 3 is 2.55 bits per heavy atom. The van der Waals surface area contributed by atoms with E-state index in [0.717, 1.165) is 25.9 Å². The van der Waals surface area contributed by atoms with Crippen LogP contribution in [-0.4, -0.2) is 22.9 Å². The Bertz CT molecular complexity index is 376. The molecule has 2 unspecified atom stereocenters. The molecule has 1 aromatic heterocycles. The minimum absolute atomic E-state index is 0.306. The summed E-state index contributed by atoms with van der Waals surface area (Å²) in [6, 6.07) is 2.68. The molecule has 1 heterocycles. The molecule has 1 aromatic rings. The monoisotopic (exact) mass is 279 g/mol. The van der Waals surface area contributed by atoms with E-state index in [4.69, 9.17) is 5.10 Å². The molecule has 1 N–H and O–H groups in total. The van der Waals surface area contributed by atoms with Crippen LogP contribution in [0, 0.1) is 11.3 Å². The van der Waals surface area contributed by atoms with Gasteiger partial charge in [0.25, 0.3) is 0 Å². The van der Waals surface area contributed by atoms with E-state index in [9.17, 15) is 0 Å². The maximum absolute atomic E-state index is 4.75. The van der Waals surface area contributed by atoms with Crippen molar-refractivity contribution in [2.24, 2.45) is 11.3 Å². The van der Waals surface area contributed by atoms with E-state index < -0.39 is 0 Å². The van der Waals surface area contributed by atoms with E-state index in [-0.39, 0.29) is 0 Å². The molecule has 116 valence electrons. The molecule has 0 aliphatic carbocycles. The van der Waals surface area contributed by atoms with Crippen molar-refractivity contribution >= 4 is 0 Å². The summed E-state index contributed by atoms with van der Waals surface area (Å²) in [7, 11) is 0. The molecular formula is C17H33N3. The molecule has 20 heavy (non-hydrogen) atoms. The number of rotatable bonds is 8. The van der Waals surface area contributed by atoms with Gasteiger partial charge in [0.15, 0.2) is 0 Å². The largest absolute Gasteiger partial charge is 0.316 e. The van der Waals surface area contributed by atoms with E-state index in [0.29, 0.717) is 17.4 Å². The predicted octanol–water partition coefficient (Wildman–Crippen LogP) is 4.06. The van der Waals surface area contributed by atoms with Crippen LogP contribution in [0.2, 0.25) is 0 Å². The number of nitrogens with zero attached hydrogens (tertiary/aromatic N) is 2. The second kappa shape index (κ2) is 7.82. The predicted molar refractivity (Wildman–Crippen MR) is 87.0 cm³/mol. The number of hydrogen-bond donors (Lipinski definition) is 1. The molecule has 3 heteroatoms. The normalized spacial score (nSPS) is 15.3. The van der Waals surface area contributed by atoms with Gasteiger partial charge in [0.05, 0.1) is 5.69 Å². The summed E-state index contributed by atoms with van der Waals surface area (Å²) >= 11 is 0.